The van der Waals surface area contributed by atoms with Gasteiger partial charge in [-0.15, -0.1) is 0 Å². The zero-order valence-electron chi connectivity index (χ0n) is 11.2. The molecule has 0 aromatic heterocycles. The lowest BCUT2D eigenvalue weighted by molar-refractivity contribution is 0.0642. The summed E-state index contributed by atoms with van der Waals surface area (Å²) in [4.78, 5) is 25.3. The van der Waals surface area contributed by atoms with E-state index >= 15 is 0 Å². The van der Waals surface area contributed by atoms with Gasteiger partial charge in [0.25, 0.3) is 11.8 Å². The summed E-state index contributed by atoms with van der Waals surface area (Å²) in [6, 6.07) is 8.01. The summed E-state index contributed by atoms with van der Waals surface area (Å²) in [5.41, 5.74) is 1.22. The summed E-state index contributed by atoms with van der Waals surface area (Å²) < 4.78 is 26.7. The standard InChI is InChI=1S/C16H11F2NO2/c1-9-2-3-10(6-14(9)18)8-19-15(20)12-5-4-11(17)7-13(12)16(19)21/h2-7H,8H2,1H3. The first-order chi connectivity index (χ1) is 9.97. The lowest BCUT2D eigenvalue weighted by Crippen LogP contribution is -2.29. The molecule has 2 aromatic rings. The van der Waals surface area contributed by atoms with E-state index in [2.05, 4.69) is 0 Å². The monoisotopic (exact) mass is 287 g/mol. The summed E-state index contributed by atoms with van der Waals surface area (Å²) in [5.74, 6) is -2.01. The zero-order chi connectivity index (χ0) is 15.1. The van der Waals surface area contributed by atoms with Crippen molar-refractivity contribution in [3.8, 4) is 0 Å². The van der Waals surface area contributed by atoms with Crippen molar-refractivity contribution in [2.45, 2.75) is 13.5 Å². The topological polar surface area (TPSA) is 37.4 Å². The van der Waals surface area contributed by atoms with E-state index in [1.807, 2.05) is 0 Å². The Hall–Kier alpha value is -2.56. The van der Waals surface area contributed by atoms with E-state index in [1.54, 1.807) is 19.1 Å². The highest BCUT2D eigenvalue weighted by atomic mass is 19.1. The highest BCUT2D eigenvalue weighted by molar-refractivity contribution is 6.21. The van der Waals surface area contributed by atoms with E-state index in [0.717, 1.165) is 17.0 Å². The Bertz CT molecular complexity index is 771. The van der Waals surface area contributed by atoms with Gasteiger partial charge in [0, 0.05) is 0 Å². The van der Waals surface area contributed by atoms with Crippen LogP contribution in [0.25, 0.3) is 0 Å². The van der Waals surface area contributed by atoms with Crippen LogP contribution in [0.15, 0.2) is 36.4 Å². The second kappa shape index (κ2) is 4.77. The van der Waals surface area contributed by atoms with Gasteiger partial charge >= 0.3 is 0 Å². The van der Waals surface area contributed by atoms with Crippen LogP contribution in [-0.2, 0) is 6.54 Å². The van der Waals surface area contributed by atoms with Crippen LogP contribution in [0.2, 0.25) is 0 Å². The van der Waals surface area contributed by atoms with Gasteiger partial charge in [-0.25, -0.2) is 8.78 Å². The number of hydrogen-bond donors (Lipinski definition) is 0. The Morgan fingerprint density at radius 2 is 1.67 bits per heavy atom. The summed E-state index contributed by atoms with van der Waals surface area (Å²) in [5, 5.41) is 0. The van der Waals surface area contributed by atoms with Crippen LogP contribution in [-0.4, -0.2) is 16.7 Å². The minimum Gasteiger partial charge on any atom is -0.270 e. The molecule has 0 radical (unpaired) electrons. The van der Waals surface area contributed by atoms with Crippen molar-refractivity contribution in [1.82, 2.24) is 4.90 Å². The third kappa shape index (κ3) is 2.20. The molecule has 0 unspecified atom stereocenters. The average Bonchev–Trinajstić information content (AvgIpc) is 2.68. The number of amides is 2. The summed E-state index contributed by atoms with van der Waals surface area (Å²) >= 11 is 0. The fraction of sp³-hybridized carbons (Fsp3) is 0.125. The third-order valence-electron chi connectivity index (χ3n) is 3.51. The molecule has 0 spiro atoms. The molecule has 0 N–H and O–H groups in total. The number of imide groups is 1. The van der Waals surface area contributed by atoms with Crippen LogP contribution in [0.3, 0.4) is 0 Å². The number of hydrogen-bond acceptors (Lipinski definition) is 2. The Labute approximate surface area is 119 Å². The van der Waals surface area contributed by atoms with E-state index in [1.165, 1.54) is 12.1 Å². The number of aryl methyl sites for hydroxylation is 1. The molecule has 0 aliphatic carbocycles. The van der Waals surface area contributed by atoms with Crippen LogP contribution in [0, 0.1) is 18.6 Å². The molecule has 1 aliphatic heterocycles. The molecule has 2 amide bonds. The fourth-order valence-corrected chi connectivity index (χ4v) is 2.32. The maximum Gasteiger partial charge on any atom is 0.261 e. The first-order valence-corrected chi connectivity index (χ1v) is 6.38. The van der Waals surface area contributed by atoms with Gasteiger partial charge in [-0.1, -0.05) is 12.1 Å². The van der Waals surface area contributed by atoms with Gasteiger partial charge in [-0.3, -0.25) is 14.5 Å². The van der Waals surface area contributed by atoms with Crippen LogP contribution in [0.1, 0.15) is 31.8 Å². The van der Waals surface area contributed by atoms with Gasteiger partial charge in [0.1, 0.15) is 11.6 Å². The van der Waals surface area contributed by atoms with E-state index < -0.39 is 23.4 Å². The molecule has 0 fully saturated rings. The van der Waals surface area contributed by atoms with Crippen molar-refractivity contribution >= 4 is 11.8 Å². The Kier molecular flexibility index (Phi) is 3.05. The van der Waals surface area contributed by atoms with Crippen LogP contribution in [0.5, 0.6) is 0 Å². The van der Waals surface area contributed by atoms with E-state index in [-0.39, 0.29) is 17.7 Å². The molecule has 3 nitrogen and oxygen atoms in total. The molecule has 106 valence electrons. The van der Waals surface area contributed by atoms with Crippen molar-refractivity contribution in [1.29, 1.82) is 0 Å². The van der Waals surface area contributed by atoms with Gasteiger partial charge in [0.2, 0.25) is 0 Å². The molecule has 0 bridgehead atoms. The molecule has 2 aromatic carbocycles. The van der Waals surface area contributed by atoms with Crippen molar-refractivity contribution in [2.75, 3.05) is 0 Å². The lowest BCUT2D eigenvalue weighted by atomic mass is 10.1. The number of halogens is 2. The van der Waals surface area contributed by atoms with Crippen molar-refractivity contribution < 1.29 is 18.4 Å². The van der Waals surface area contributed by atoms with Crippen LogP contribution >= 0.6 is 0 Å². The summed E-state index contributed by atoms with van der Waals surface area (Å²) in [6.07, 6.45) is 0. The molecular weight excluding hydrogens is 276 g/mol. The Morgan fingerprint density at radius 1 is 0.952 bits per heavy atom. The van der Waals surface area contributed by atoms with Crippen molar-refractivity contribution in [3.05, 3.63) is 70.3 Å². The largest absolute Gasteiger partial charge is 0.270 e. The fourth-order valence-electron chi connectivity index (χ4n) is 2.32. The first-order valence-electron chi connectivity index (χ1n) is 6.38. The molecule has 5 heteroatoms. The molecule has 3 rings (SSSR count). The van der Waals surface area contributed by atoms with Gasteiger partial charge in [0.15, 0.2) is 0 Å². The Morgan fingerprint density at radius 3 is 2.38 bits per heavy atom. The molecular formula is C16H11F2NO2. The van der Waals surface area contributed by atoms with E-state index in [9.17, 15) is 18.4 Å². The van der Waals surface area contributed by atoms with Crippen LogP contribution in [0.4, 0.5) is 8.78 Å². The van der Waals surface area contributed by atoms with Gasteiger partial charge in [0.05, 0.1) is 17.7 Å². The predicted octanol–water partition coefficient (Wildman–Crippen LogP) is 3.07. The molecule has 1 aliphatic rings. The zero-order valence-corrected chi connectivity index (χ0v) is 11.2. The smallest absolute Gasteiger partial charge is 0.261 e. The third-order valence-corrected chi connectivity index (χ3v) is 3.51. The van der Waals surface area contributed by atoms with E-state index in [4.69, 9.17) is 0 Å². The quantitative estimate of drug-likeness (QED) is 0.796. The molecule has 21 heavy (non-hydrogen) atoms. The SMILES string of the molecule is Cc1ccc(CN2C(=O)c3ccc(F)cc3C2=O)cc1F. The minimum absolute atomic E-state index is 0.0365. The number of carbonyl (C=O) groups excluding carboxylic acids is 2. The number of rotatable bonds is 2. The van der Waals surface area contributed by atoms with Gasteiger partial charge in [-0.05, 0) is 42.3 Å². The minimum atomic E-state index is -0.571. The number of benzene rings is 2. The lowest BCUT2D eigenvalue weighted by Gasteiger charge is -2.14. The molecule has 1 heterocycles. The number of carbonyl (C=O) groups is 2. The molecule has 0 saturated heterocycles. The number of nitrogens with zero attached hydrogens (tertiary/aromatic N) is 1. The molecule has 0 saturated carbocycles. The van der Waals surface area contributed by atoms with Crippen molar-refractivity contribution in [2.24, 2.45) is 0 Å². The second-order valence-electron chi connectivity index (χ2n) is 4.97. The van der Waals surface area contributed by atoms with Gasteiger partial charge in [-0.2, -0.15) is 0 Å². The summed E-state index contributed by atoms with van der Waals surface area (Å²) in [7, 11) is 0. The second-order valence-corrected chi connectivity index (χ2v) is 4.97. The normalized spacial score (nSPS) is 13.8. The van der Waals surface area contributed by atoms with Crippen molar-refractivity contribution in [3.63, 3.8) is 0 Å². The average molecular weight is 287 g/mol. The van der Waals surface area contributed by atoms with E-state index in [0.29, 0.717) is 11.1 Å². The maximum absolute atomic E-state index is 13.5. The van der Waals surface area contributed by atoms with Crippen LogP contribution < -0.4 is 0 Å². The van der Waals surface area contributed by atoms with Gasteiger partial charge < -0.3 is 0 Å². The summed E-state index contributed by atoms with van der Waals surface area (Å²) in [6.45, 7) is 1.59. The highest BCUT2D eigenvalue weighted by Gasteiger charge is 2.35. The molecule has 0 atom stereocenters. The first kappa shape index (κ1) is 13.4. The highest BCUT2D eigenvalue weighted by Crippen LogP contribution is 2.25. The predicted molar refractivity (Wildman–Crippen MR) is 71.7 cm³/mol. The number of fused-ring (bicyclic) bond motifs is 1. The Balaban J connectivity index is 1.93. The maximum atomic E-state index is 13.5.